The van der Waals surface area contributed by atoms with Crippen LogP contribution in [0.1, 0.15) is 5.56 Å². The van der Waals surface area contributed by atoms with Crippen molar-refractivity contribution in [1.29, 1.82) is 0 Å². The van der Waals surface area contributed by atoms with Gasteiger partial charge in [-0.1, -0.05) is 63.2 Å². The predicted molar refractivity (Wildman–Crippen MR) is 80.3 cm³/mol. The number of rotatable bonds is 0. The molecule has 16 heavy (non-hydrogen) atoms. The van der Waals surface area contributed by atoms with E-state index in [1.165, 1.54) is 32.3 Å². The van der Waals surface area contributed by atoms with Crippen LogP contribution in [0.15, 0.2) is 42.5 Å². The highest BCUT2D eigenvalue weighted by atomic mass is 127. The van der Waals surface area contributed by atoms with Crippen LogP contribution < -0.4 is 5.22 Å². The second-order valence-electron chi connectivity index (χ2n) is 4.11. The fourth-order valence-electron chi connectivity index (χ4n) is 2.49. The Kier molecular flexibility index (Phi) is 1.74. The summed E-state index contributed by atoms with van der Waals surface area (Å²) in [6.45, 7) is 0. The first-order valence-electron chi connectivity index (χ1n) is 5.33. The third kappa shape index (κ3) is 1.07. The predicted octanol–water partition coefficient (Wildman–Crippen LogP) is 3.58. The minimum Gasteiger partial charge on any atom is -0.0924 e. The van der Waals surface area contributed by atoms with E-state index in [2.05, 4.69) is 50.6 Å². The van der Waals surface area contributed by atoms with E-state index < -0.39 is 0 Å². The van der Waals surface area contributed by atoms with Crippen LogP contribution in [-0.2, 0) is 0 Å². The second kappa shape index (κ2) is 3.14. The molecule has 3 aromatic rings. The first kappa shape index (κ1) is 8.88. The van der Waals surface area contributed by atoms with Crippen molar-refractivity contribution in [2.24, 2.45) is 0 Å². The van der Waals surface area contributed by atoms with Crippen LogP contribution in [0.3, 0.4) is 0 Å². The summed E-state index contributed by atoms with van der Waals surface area (Å²) >= 11 is 0.114. The van der Waals surface area contributed by atoms with Crippen molar-refractivity contribution in [2.75, 3.05) is 0 Å². The third-order valence-electron chi connectivity index (χ3n) is 3.20. The highest BCUT2D eigenvalue weighted by Gasteiger charge is 2.07. The minimum absolute atomic E-state index is 0.114. The Hall–Kier alpha value is -1.22. The maximum absolute atomic E-state index is 2.42. The zero-order valence-electron chi connectivity index (χ0n) is 8.57. The standard InChI is InChI=1S/C15H9I/c1-2-10-4-6-12-8-16-9-13-7-5-11(3-1)14(10)15(12)13/h1-9H. The molecule has 0 radical (unpaired) electrons. The zero-order chi connectivity index (χ0) is 10.5. The number of hydrogen-bond donors (Lipinski definition) is 0. The first-order chi connectivity index (χ1) is 7.93. The molecular formula is C15H9I. The van der Waals surface area contributed by atoms with Gasteiger partial charge in [0.05, 0.1) is 0 Å². The SMILES string of the molecule is C1=IC=c2ccc3cccc4ccc1c2c43. The summed E-state index contributed by atoms with van der Waals surface area (Å²) in [5.74, 6) is 0. The molecule has 0 spiro atoms. The summed E-state index contributed by atoms with van der Waals surface area (Å²) in [5.41, 5.74) is 1.44. The van der Waals surface area contributed by atoms with Crippen molar-refractivity contribution in [3.63, 3.8) is 0 Å². The molecule has 1 aliphatic rings. The second-order valence-corrected chi connectivity index (χ2v) is 6.07. The Bertz CT molecular complexity index is 781. The molecule has 0 aromatic heterocycles. The summed E-state index contributed by atoms with van der Waals surface area (Å²) < 4.78 is 4.85. The Morgan fingerprint density at radius 2 is 1.56 bits per heavy atom. The van der Waals surface area contributed by atoms with Crippen LogP contribution in [0.4, 0.5) is 0 Å². The molecular weight excluding hydrogens is 307 g/mol. The Morgan fingerprint density at radius 3 is 2.44 bits per heavy atom. The molecule has 0 saturated heterocycles. The van der Waals surface area contributed by atoms with E-state index in [4.69, 9.17) is 0 Å². The Morgan fingerprint density at radius 1 is 0.750 bits per heavy atom. The van der Waals surface area contributed by atoms with E-state index >= 15 is 0 Å². The van der Waals surface area contributed by atoms with Gasteiger partial charge in [0.1, 0.15) is 0 Å². The Balaban J connectivity index is 2.47. The van der Waals surface area contributed by atoms with E-state index in [0.29, 0.717) is 0 Å². The largest absolute Gasteiger partial charge is 0.0924 e. The lowest BCUT2D eigenvalue weighted by Crippen LogP contribution is -2.05. The van der Waals surface area contributed by atoms with Crippen LogP contribution in [-0.4, -0.2) is 4.01 Å². The van der Waals surface area contributed by atoms with Gasteiger partial charge in [0.15, 0.2) is 0 Å². The van der Waals surface area contributed by atoms with Gasteiger partial charge in [-0.2, -0.15) is 0 Å². The maximum atomic E-state index is 2.42. The first-order valence-corrected chi connectivity index (χ1v) is 7.82. The summed E-state index contributed by atoms with van der Waals surface area (Å²) in [6, 6.07) is 15.6. The summed E-state index contributed by atoms with van der Waals surface area (Å²) in [5, 5.41) is 7.06. The molecule has 0 aliphatic carbocycles. The number of benzene rings is 3. The van der Waals surface area contributed by atoms with Gasteiger partial charge in [0, 0.05) is 0 Å². The molecule has 0 saturated carbocycles. The van der Waals surface area contributed by atoms with E-state index in [-0.39, 0.29) is 20.7 Å². The molecule has 0 fully saturated rings. The monoisotopic (exact) mass is 316 g/mol. The van der Waals surface area contributed by atoms with Gasteiger partial charge in [-0.05, 0) is 40.4 Å². The number of halogens is 1. The molecule has 1 heteroatoms. The summed E-state index contributed by atoms with van der Waals surface area (Å²) in [6.07, 6.45) is 0. The summed E-state index contributed by atoms with van der Waals surface area (Å²) in [7, 11) is 0. The van der Waals surface area contributed by atoms with Gasteiger partial charge in [-0.15, -0.1) is 0 Å². The Labute approximate surface area is 103 Å². The van der Waals surface area contributed by atoms with Gasteiger partial charge >= 0.3 is 0 Å². The molecule has 0 unspecified atom stereocenters. The average molecular weight is 316 g/mol. The molecule has 76 valence electrons. The van der Waals surface area contributed by atoms with Gasteiger partial charge in [0.25, 0.3) is 0 Å². The van der Waals surface area contributed by atoms with Crippen molar-refractivity contribution in [3.05, 3.63) is 53.2 Å². The summed E-state index contributed by atoms with van der Waals surface area (Å²) in [4.78, 5) is 0. The lowest BCUT2D eigenvalue weighted by Gasteiger charge is -2.10. The molecule has 4 rings (SSSR count). The van der Waals surface area contributed by atoms with Crippen LogP contribution in [0.25, 0.3) is 25.6 Å². The third-order valence-corrected chi connectivity index (χ3v) is 5.26. The number of hydrogen-bond acceptors (Lipinski definition) is 0. The normalized spacial score (nSPS) is 13.8. The highest BCUT2D eigenvalue weighted by Crippen LogP contribution is 2.28. The molecule has 0 N–H and O–H groups in total. The fraction of sp³-hybridized carbons (Fsp3) is 0. The van der Waals surface area contributed by atoms with Crippen molar-refractivity contribution in [2.45, 2.75) is 0 Å². The van der Waals surface area contributed by atoms with Crippen molar-refractivity contribution in [3.8, 4) is 0 Å². The highest BCUT2D eigenvalue weighted by molar-refractivity contribution is 14.2. The lowest BCUT2D eigenvalue weighted by molar-refractivity contribution is 1.70. The van der Waals surface area contributed by atoms with Crippen molar-refractivity contribution in [1.82, 2.24) is 0 Å². The van der Waals surface area contributed by atoms with Gasteiger partial charge < -0.3 is 0 Å². The molecule has 0 nitrogen and oxygen atoms in total. The van der Waals surface area contributed by atoms with Crippen molar-refractivity contribution >= 4 is 50.4 Å². The minimum atomic E-state index is 0.114. The fourth-order valence-corrected chi connectivity index (χ4v) is 4.48. The molecule has 0 atom stereocenters. The molecule has 0 bridgehead atoms. The van der Waals surface area contributed by atoms with Gasteiger partial charge in [-0.25, -0.2) is 0 Å². The quantitative estimate of drug-likeness (QED) is 0.556. The van der Waals surface area contributed by atoms with Gasteiger partial charge in [-0.3, -0.25) is 0 Å². The molecule has 1 aliphatic heterocycles. The topological polar surface area (TPSA) is 0 Å². The molecule has 3 aromatic carbocycles. The smallest absolute Gasteiger partial charge is 0.00180 e. The van der Waals surface area contributed by atoms with E-state index in [1.54, 1.807) is 0 Å². The lowest BCUT2D eigenvalue weighted by atomic mass is 9.96. The van der Waals surface area contributed by atoms with Crippen LogP contribution in [0, 0.1) is 0 Å². The average Bonchev–Trinajstić information content (AvgIpc) is 2.36. The maximum Gasteiger partial charge on any atom is -0.00180 e. The zero-order valence-corrected chi connectivity index (χ0v) is 10.7. The van der Waals surface area contributed by atoms with Gasteiger partial charge in [0.2, 0.25) is 0 Å². The van der Waals surface area contributed by atoms with E-state index in [0.717, 1.165) is 0 Å². The van der Waals surface area contributed by atoms with Crippen LogP contribution in [0.5, 0.6) is 0 Å². The molecule has 0 amide bonds. The van der Waals surface area contributed by atoms with Crippen LogP contribution >= 0.6 is 20.7 Å². The van der Waals surface area contributed by atoms with E-state index in [9.17, 15) is 0 Å². The van der Waals surface area contributed by atoms with Crippen LogP contribution in [0.2, 0.25) is 0 Å². The van der Waals surface area contributed by atoms with E-state index in [1.807, 2.05) is 0 Å². The van der Waals surface area contributed by atoms with Crippen molar-refractivity contribution < 1.29 is 0 Å². The molecule has 1 heterocycles.